The zero-order valence-electron chi connectivity index (χ0n) is 12.7. The maximum Gasteiger partial charge on any atom is 0.228 e. The van der Waals surface area contributed by atoms with Gasteiger partial charge < -0.3 is 4.90 Å². The Morgan fingerprint density at radius 3 is 3.00 bits per heavy atom. The monoisotopic (exact) mass is 323 g/mol. The Kier molecular flexibility index (Phi) is 3.64. The van der Waals surface area contributed by atoms with E-state index in [1.54, 1.807) is 11.3 Å². The molecule has 4 rings (SSSR count). The van der Waals surface area contributed by atoms with E-state index in [9.17, 15) is 4.79 Å². The lowest BCUT2D eigenvalue weighted by molar-refractivity contribution is -0.117. The van der Waals surface area contributed by atoms with E-state index in [1.807, 2.05) is 34.5 Å². The highest BCUT2D eigenvalue weighted by atomic mass is 32.1. The van der Waals surface area contributed by atoms with Crippen LogP contribution in [0.2, 0.25) is 0 Å². The second-order valence-electron chi connectivity index (χ2n) is 6.16. The van der Waals surface area contributed by atoms with E-state index >= 15 is 0 Å². The number of fused-ring (bicyclic) bond motifs is 1. The largest absolute Gasteiger partial charge is 0.307 e. The molecule has 23 heavy (non-hydrogen) atoms. The Hall–Kier alpha value is -2.16. The van der Waals surface area contributed by atoms with Crippen LogP contribution in [0.5, 0.6) is 0 Å². The van der Waals surface area contributed by atoms with Crippen LogP contribution < -0.4 is 4.90 Å². The lowest BCUT2D eigenvalue weighted by atomic mass is 10.1. The highest BCUT2D eigenvalue weighted by Gasteiger charge is 2.47. The summed E-state index contributed by atoms with van der Waals surface area (Å²) in [4.78, 5) is 16.8. The maximum atomic E-state index is 12.4. The Labute approximate surface area is 139 Å². The highest BCUT2D eigenvalue weighted by Crippen LogP contribution is 2.37. The minimum Gasteiger partial charge on any atom is -0.307 e. The molecule has 1 aromatic heterocycles. The molecule has 2 aliphatic heterocycles. The first-order valence-corrected chi connectivity index (χ1v) is 8.78. The molecule has 0 N–H and O–H groups in total. The Balaban J connectivity index is 1.53. The van der Waals surface area contributed by atoms with Crippen LogP contribution in [0.3, 0.4) is 0 Å². The summed E-state index contributed by atoms with van der Waals surface area (Å²) in [5, 5.41) is 13.1. The number of nitriles is 1. The number of likely N-dealkylation sites (tertiary alicyclic amines) is 1. The number of thiophene rings is 1. The molecule has 0 saturated carbocycles. The van der Waals surface area contributed by atoms with E-state index < -0.39 is 0 Å². The fraction of sp³-hybridized carbons (Fsp3) is 0.333. The second-order valence-corrected chi connectivity index (χ2v) is 6.94. The minimum absolute atomic E-state index is 0.230. The first kappa shape index (κ1) is 14.4. The molecule has 3 heterocycles. The maximum absolute atomic E-state index is 12.4. The van der Waals surface area contributed by atoms with E-state index in [2.05, 4.69) is 22.4 Å². The van der Waals surface area contributed by atoms with Gasteiger partial charge in [0.15, 0.2) is 0 Å². The Bertz CT molecular complexity index is 765. The molecule has 0 aliphatic carbocycles. The van der Waals surface area contributed by atoms with E-state index in [0.717, 1.165) is 30.8 Å². The number of anilines is 1. The highest BCUT2D eigenvalue weighted by molar-refractivity contribution is 7.08. The van der Waals surface area contributed by atoms with Crippen molar-refractivity contribution in [3.05, 3.63) is 52.2 Å². The van der Waals surface area contributed by atoms with Crippen LogP contribution in [0.1, 0.15) is 24.0 Å². The number of nitrogens with zero attached hydrogens (tertiary/aromatic N) is 3. The smallest absolute Gasteiger partial charge is 0.228 e. The van der Waals surface area contributed by atoms with Crippen LogP contribution in [-0.4, -0.2) is 29.4 Å². The van der Waals surface area contributed by atoms with Gasteiger partial charge in [-0.1, -0.05) is 12.1 Å². The zero-order valence-corrected chi connectivity index (χ0v) is 13.5. The third kappa shape index (κ3) is 2.54. The predicted octanol–water partition coefficient (Wildman–Crippen LogP) is 3.00. The SMILES string of the molecule is N#Cc1cccc(CN2CC[C@@H]3[C@@H]2CC(=O)N3c2ccsc2)c1. The first-order chi connectivity index (χ1) is 11.3. The van der Waals surface area contributed by atoms with E-state index in [1.165, 1.54) is 0 Å². The molecule has 2 aromatic rings. The average Bonchev–Trinajstić information content (AvgIpc) is 3.26. The summed E-state index contributed by atoms with van der Waals surface area (Å²) >= 11 is 1.63. The Morgan fingerprint density at radius 1 is 1.30 bits per heavy atom. The van der Waals surface area contributed by atoms with E-state index in [4.69, 9.17) is 5.26 Å². The summed E-state index contributed by atoms with van der Waals surface area (Å²) in [6, 6.07) is 12.6. The standard InChI is InChI=1S/C18H17N3OS/c19-10-13-2-1-3-14(8-13)11-20-6-4-16-17(20)9-18(22)21(16)15-5-7-23-12-15/h1-3,5,7-8,12,16-17H,4,6,9,11H2/t16-,17+/m1/s1. The van der Waals surface area contributed by atoms with Crippen LogP contribution in [0.25, 0.3) is 0 Å². The van der Waals surface area contributed by atoms with Gasteiger partial charge in [0.25, 0.3) is 0 Å². The normalized spacial score (nSPS) is 24.0. The molecule has 0 radical (unpaired) electrons. The number of carbonyl (C=O) groups excluding carboxylic acids is 1. The molecular weight excluding hydrogens is 306 g/mol. The van der Waals surface area contributed by atoms with Gasteiger partial charge in [-0.15, -0.1) is 0 Å². The van der Waals surface area contributed by atoms with Gasteiger partial charge in [0.05, 0.1) is 23.4 Å². The summed E-state index contributed by atoms with van der Waals surface area (Å²) in [7, 11) is 0. The molecule has 2 aliphatic rings. The van der Waals surface area contributed by atoms with Crippen molar-refractivity contribution in [1.29, 1.82) is 5.26 Å². The number of hydrogen-bond acceptors (Lipinski definition) is 4. The molecule has 2 saturated heterocycles. The van der Waals surface area contributed by atoms with Gasteiger partial charge in [0.1, 0.15) is 0 Å². The van der Waals surface area contributed by atoms with Crippen LogP contribution in [0, 0.1) is 11.3 Å². The lowest BCUT2D eigenvalue weighted by Gasteiger charge is -2.24. The van der Waals surface area contributed by atoms with Gasteiger partial charge >= 0.3 is 0 Å². The summed E-state index contributed by atoms with van der Waals surface area (Å²) in [6.07, 6.45) is 1.61. The van der Waals surface area contributed by atoms with Crippen LogP contribution in [0.4, 0.5) is 5.69 Å². The van der Waals surface area contributed by atoms with Crippen molar-refractivity contribution in [2.75, 3.05) is 11.4 Å². The third-order valence-electron chi connectivity index (χ3n) is 4.84. The lowest BCUT2D eigenvalue weighted by Crippen LogP contribution is -2.36. The van der Waals surface area contributed by atoms with Crippen molar-refractivity contribution in [2.24, 2.45) is 0 Å². The van der Waals surface area contributed by atoms with Crippen molar-refractivity contribution < 1.29 is 4.79 Å². The molecule has 2 atom stereocenters. The summed E-state index contributed by atoms with van der Waals surface area (Å²) in [5.41, 5.74) is 2.88. The summed E-state index contributed by atoms with van der Waals surface area (Å²) in [6.45, 7) is 1.81. The minimum atomic E-state index is 0.230. The van der Waals surface area contributed by atoms with Crippen LogP contribution in [0.15, 0.2) is 41.1 Å². The van der Waals surface area contributed by atoms with Gasteiger partial charge in [0, 0.05) is 30.9 Å². The number of carbonyl (C=O) groups is 1. The quantitative estimate of drug-likeness (QED) is 0.872. The summed E-state index contributed by atoms with van der Waals surface area (Å²) in [5.74, 6) is 0.230. The van der Waals surface area contributed by atoms with Gasteiger partial charge in [-0.05, 0) is 35.6 Å². The molecule has 4 nitrogen and oxygen atoms in total. The number of benzene rings is 1. The van der Waals surface area contributed by atoms with Crippen molar-refractivity contribution in [2.45, 2.75) is 31.5 Å². The molecule has 0 spiro atoms. The fourth-order valence-electron chi connectivity index (χ4n) is 3.83. The number of rotatable bonds is 3. The van der Waals surface area contributed by atoms with Crippen molar-refractivity contribution in [1.82, 2.24) is 4.90 Å². The molecule has 0 unspecified atom stereocenters. The van der Waals surface area contributed by atoms with Crippen LogP contribution >= 0.6 is 11.3 Å². The molecule has 1 amide bonds. The first-order valence-electron chi connectivity index (χ1n) is 7.83. The summed E-state index contributed by atoms with van der Waals surface area (Å²) < 4.78 is 0. The topological polar surface area (TPSA) is 47.3 Å². The molecule has 116 valence electrons. The number of amides is 1. The molecule has 2 fully saturated rings. The second kappa shape index (κ2) is 5.80. The molecular formula is C18H17N3OS. The third-order valence-corrected chi connectivity index (χ3v) is 5.51. The van der Waals surface area contributed by atoms with Gasteiger partial charge in [-0.2, -0.15) is 16.6 Å². The predicted molar refractivity (Wildman–Crippen MR) is 90.2 cm³/mol. The molecule has 1 aromatic carbocycles. The Morgan fingerprint density at radius 2 is 2.22 bits per heavy atom. The fourth-order valence-corrected chi connectivity index (χ4v) is 4.46. The van der Waals surface area contributed by atoms with Gasteiger partial charge in [-0.25, -0.2) is 0 Å². The van der Waals surface area contributed by atoms with Gasteiger partial charge in [-0.3, -0.25) is 9.69 Å². The molecule has 5 heteroatoms. The van der Waals surface area contributed by atoms with Gasteiger partial charge in [0.2, 0.25) is 5.91 Å². The van der Waals surface area contributed by atoms with Crippen molar-refractivity contribution in [3.63, 3.8) is 0 Å². The number of hydrogen-bond donors (Lipinski definition) is 0. The van der Waals surface area contributed by atoms with E-state index in [0.29, 0.717) is 12.0 Å². The van der Waals surface area contributed by atoms with Crippen molar-refractivity contribution in [3.8, 4) is 6.07 Å². The van der Waals surface area contributed by atoms with Crippen molar-refractivity contribution >= 4 is 22.9 Å². The average molecular weight is 323 g/mol. The zero-order chi connectivity index (χ0) is 15.8. The van der Waals surface area contributed by atoms with E-state index in [-0.39, 0.29) is 18.0 Å². The van der Waals surface area contributed by atoms with Crippen LogP contribution in [-0.2, 0) is 11.3 Å². The molecule has 0 bridgehead atoms.